The zero-order valence-corrected chi connectivity index (χ0v) is 9.40. The van der Waals surface area contributed by atoms with Gasteiger partial charge in [0, 0.05) is 11.8 Å². The maximum absolute atomic E-state index is 12.0. The van der Waals surface area contributed by atoms with Crippen LogP contribution in [0.5, 0.6) is 5.75 Å². The summed E-state index contributed by atoms with van der Waals surface area (Å²) in [6.07, 6.45) is -3.46. The van der Waals surface area contributed by atoms with Crippen LogP contribution in [0.1, 0.15) is 10.6 Å². The Morgan fingerprint density at radius 2 is 2.00 bits per heavy atom. The number of carbonyl (C=O) groups is 1. The lowest BCUT2D eigenvalue weighted by Gasteiger charge is -2.10. The van der Waals surface area contributed by atoms with E-state index in [1.807, 2.05) is 0 Å². The standard InChI is InChI=1S/C12H8F3NO3/c13-12(14,15)19-9-4-1-3-8(7-9)16-11(17)10-5-2-6-18-10/h1-7H,(H,16,17). The molecule has 0 fully saturated rings. The minimum Gasteiger partial charge on any atom is -0.459 e. The summed E-state index contributed by atoms with van der Waals surface area (Å²) < 4.78 is 44.7. The van der Waals surface area contributed by atoms with Gasteiger partial charge in [-0.05, 0) is 24.3 Å². The van der Waals surface area contributed by atoms with E-state index in [-0.39, 0.29) is 11.4 Å². The van der Waals surface area contributed by atoms with Gasteiger partial charge in [0.05, 0.1) is 6.26 Å². The van der Waals surface area contributed by atoms with E-state index in [0.29, 0.717) is 0 Å². The van der Waals surface area contributed by atoms with Gasteiger partial charge in [0.25, 0.3) is 5.91 Å². The lowest BCUT2D eigenvalue weighted by Crippen LogP contribution is -2.17. The first-order valence-electron chi connectivity index (χ1n) is 5.15. The summed E-state index contributed by atoms with van der Waals surface area (Å²) in [6, 6.07) is 7.93. The molecule has 1 amide bonds. The molecule has 0 aliphatic heterocycles. The number of hydrogen-bond donors (Lipinski definition) is 1. The SMILES string of the molecule is O=C(Nc1cccc(OC(F)(F)F)c1)c1ccco1. The zero-order chi connectivity index (χ0) is 13.9. The highest BCUT2D eigenvalue weighted by Gasteiger charge is 2.31. The molecule has 1 N–H and O–H groups in total. The molecule has 19 heavy (non-hydrogen) atoms. The van der Waals surface area contributed by atoms with E-state index in [9.17, 15) is 18.0 Å². The molecule has 0 aliphatic carbocycles. The topological polar surface area (TPSA) is 51.5 Å². The van der Waals surface area contributed by atoms with Crippen molar-refractivity contribution < 1.29 is 27.1 Å². The summed E-state index contributed by atoms with van der Waals surface area (Å²) in [5.74, 6) is -0.916. The predicted molar refractivity (Wildman–Crippen MR) is 59.8 cm³/mol. The van der Waals surface area contributed by atoms with Gasteiger partial charge in [0.15, 0.2) is 5.76 Å². The van der Waals surface area contributed by atoms with Crippen molar-refractivity contribution in [2.75, 3.05) is 5.32 Å². The third-order valence-corrected chi connectivity index (χ3v) is 2.07. The van der Waals surface area contributed by atoms with Crippen LogP contribution in [-0.2, 0) is 0 Å². The molecular formula is C12H8F3NO3. The van der Waals surface area contributed by atoms with Crippen LogP contribution in [0.3, 0.4) is 0 Å². The first-order valence-corrected chi connectivity index (χ1v) is 5.15. The second kappa shape index (κ2) is 5.05. The second-order valence-corrected chi connectivity index (χ2v) is 3.51. The minimum absolute atomic E-state index is 0.0575. The molecule has 7 heteroatoms. The normalized spacial score (nSPS) is 11.1. The number of alkyl halides is 3. The van der Waals surface area contributed by atoms with Crippen molar-refractivity contribution in [2.24, 2.45) is 0 Å². The average Bonchev–Trinajstić information content (AvgIpc) is 2.80. The smallest absolute Gasteiger partial charge is 0.459 e. The van der Waals surface area contributed by atoms with E-state index in [1.54, 1.807) is 0 Å². The van der Waals surface area contributed by atoms with E-state index in [0.717, 1.165) is 12.1 Å². The second-order valence-electron chi connectivity index (χ2n) is 3.51. The van der Waals surface area contributed by atoms with E-state index in [2.05, 4.69) is 10.1 Å². The van der Waals surface area contributed by atoms with Gasteiger partial charge in [-0.1, -0.05) is 6.07 Å². The Bertz CT molecular complexity index is 564. The summed E-state index contributed by atoms with van der Waals surface area (Å²) >= 11 is 0. The molecule has 1 heterocycles. The highest BCUT2D eigenvalue weighted by atomic mass is 19.4. The molecule has 0 spiro atoms. The molecule has 0 unspecified atom stereocenters. The van der Waals surface area contributed by atoms with Crippen LogP contribution < -0.4 is 10.1 Å². The number of carbonyl (C=O) groups excluding carboxylic acids is 1. The molecule has 2 aromatic rings. The fourth-order valence-corrected chi connectivity index (χ4v) is 1.37. The maximum Gasteiger partial charge on any atom is 0.573 e. The molecule has 0 saturated heterocycles. The molecule has 0 aliphatic rings. The number of amides is 1. The highest BCUT2D eigenvalue weighted by molar-refractivity contribution is 6.02. The lowest BCUT2D eigenvalue weighted by molar-refractivity contribution is -0.274. The summed E-state index contributed by atoms with van der Waals surface area (Å²) in [4.78, 5) is 11.6. The summed E-state index contributed by atoms with van der Waals surface area (Å²) in [6.45, 7) is 0. The number of anilines is 1. The molecule has 1 aromatic carbocycles. The van der Waals surface area contributed by atoms with Crippen molar-refractivity contribution >= 4 is 11.6 Å². The molecule has 2 rings (SSSR count). The van der Waals surface area contributed by atoms with Gasteiger partial charge < -0.3 is 14.5 Å². The van der Waals surface area contributed by atoms with Crippen LogP contribution >= 0.6 is 0 Å². The third-order valence-electron chi connectivity index (χ3n) is 2.07. The molecule has 100 valence electrons. The third kappa shape index (κ3) is 3.77. The van der Waals surface area contributed by atoms with Crippen molar-refractivity contribution in [2.45, 2.75) is 6.36 Å². The van der Waals surface area contributed by atoms with Crippen LogP contribution in [0.2, 0.25) is 0 Å². The summed E-state index contributed by atoms with van der Waals surface area (Å²) in [5, 5.41) is 2.39. The Morgan fingerprint density at radius 1 is 1.21 bits per heavy atom. The van der Waals surface area contributed by atoms with Crippen LogP contribution in [0, 0.1) is 0 Å². The van der Waals surface area contributed by atoms with Crippen molar-refractivity contribution in [1.29, 1.82) is 0 Å². The minimum atomic E-state index is -4.77. The number of rotatable bonds is 3. The highest BCUT2D eigenvalue weighted by Crippen LogP contribution is 2.25. The average molecular weight is 271 g/mol. The molecule has 0 atom stereocenters. The van der Waals surface area contributed by atoms with Crippen molar-refractivity contribution in [1.82, 2.24) is 0 Å². The van der Waals surface area contributed by atoms with Crippen molar-refractivity contribution in [3.8, 4) is 5.75 Å². The summed E-state index contributed by atoms with van der Waals surface area (Å²) in [5.41, 5.74) is 0.170. The Kier molecular flexibility index (Phi) is 3.46. The van der Waals surface area contributed by atoms with Gasteiger partial charge >= 0.3 is 6.36 Å². The van der Waals surface area contributed by atoms with Gasteiger partial charge in [0.1, 0.15) is 5.75 Å². The van der Waals surface area contributed by atoms with Crippen molar-refractivity contribution in [3.05, 3.63) is 48.4 Å². The number of halogens is 3. The molecular weight excluding hydrogens is 263 g/mol. The van der Waals surface area contributed by atoms with Crippen LogP contribution in [0.4, 0.5) is 18.9 Å². The van der Waals surface area contributed by atoms with Gasteiger partial charge in [-0.2, -0.15) is 0 Å². The van der Waals surface area contributed by atoms with E-state index in [1.165, 1.54) is 30.5 Å². The lowest BCUT2D eigenvalue weighted by atomic mass is 10.3. The van der Waals surface area contributed by atoms with E-state index >= 15 is 0 Å². The number of benzene rings is 1. The predicted octanol–water partition coefficient (Wildman–Crippen LogP) is 3.43. The van der Waals surface area contributed by atoms with Gasteiger partial charge in [-0.25, -0.2) is 0 Å². The Balaban J connectivity index is 2.09. The molecule has 0 bridgehead atoms. The first-order chi connectivity index (χ1) is 8.94. The number of furan rings is 1. The fraction of sp³-hybridized carbons (Fsp3) is 0.0833. The van der Waals surface area contributed by atoms with Gasteiger partial charge in [-0.3, -0.25) is 4.79 Å². The molecule has 1 aromatic heterocycles. The van der Waals surface area contributed by atoms with Crippen LogP contribution in [-0.4, -0.2) is 12.3 Å². The summed E-state index contributed by atoms with van der Waals surface area (Å²) in [7, 11) is 0. The van der Waals surface area contributed by atoms with Crippen LogP contribution in [0.15, 0.2) is 47.1 Å². The Morgan fingerprint density at radius 3 is 2.63 bits per heavy atom. The largest absolute Gasteiger partial charge is 0.573 e. The van der Waals surface area contributed by atoms with Gasteiger partial charge in [-0.15, -0.1) is 13.2 Å². The number of ether oxygens (including phenoxy) is 1. The Hall–Kier alpha value is -2.44. The monoisotopic (exact) mass is 271 g/mol. The molecule has 4 nitrogen and oxygen atoms in total. The van der Waals surface area contributed by atoms with Gasteiger partial charge in [0.2, 0.25) is 0 Å². The molecule has 0 radical (unpaired) electrons. The fourth-order valence-electron chi connectivity index (χ4n) is 1.37. The zero-order valence-electron chi connectivity index (χ0n) is 9.40. The van der Waals surface area contributed by atoms with E-state index < -0.39 is 18.0 Å². The number of hydrogen-bond acceptors (Lipinski definition) is 3. The van der Waals surface area contributed by atoms with Crippen LogP contribution in [0.25, 0.3) is 0 Å². The quantitative estimate of drug-likeness (QED) is 0.930. The van der Waals surface area contributed by atoms with Crippen molar-refractivity contribution in [3.63, 3.8) is 0 Å². The Labute approximate surface area is 105 Å². The van der Waals surface area contributed by atoms with E-state index in [4.69, 9.17) is 4.42 Å². The maximum atomic E-state index is 12.0. The molecule has 0 saturated carbocycles. The number of nitrogens with one attached hydrogen (secondary N) is 1. The first kappa shape index (κ1) is 13.0.